The van der Waals surface area contributed by atoms with Crippen LogP contribution in [0, 0.1) is 11.6 Å². The molecule has 9 heteroatoms. The van der Waals surface area contributed by atoms with Crippen molar-refractivity contribution < 1.29 is 22.0 Å². The Hall–Kier alpha value is -1.77. The van der Waals surface area contributed by atoms with Crippen molar-refractivity contribution in [3.8, 4) is 11.3 Å². The van der Waals surface area contributed by atoms with Gasteiger partial charge in [-0.2, -0.15) is 13.2 Å². The van der Waals surface area contributed by atoms with Gasteiger partial charge in [0.25, 0.3) is 0 Å². The van der Waals surface area contributed by atoms with E-state index < -0.39 is 34.9 Å². The maximum absolute atomic E-state index is 14.0. The molecule has 0 fully saturated rings. The largest absolute Gasteiger partial charge is 0.451 e. The number of aromatic nitrogens is 2. The molecule has 0 aliphatic carbocycles. The van der Waals surface area contributed by atoms with Crippen molar-refractivity contribution in [3.05, 3.63) is 40.1 Å². The Labute approximate surface area is 124 Å². The number of hydrogen-bond donors (Lipinski definition) is 1. The Morgan fingerprint density at radius 1 is 1.14 bits per heavy atom. The lowest BCUT2D eigenvalue weighted by molar-refractivity contribution is -0.144. The van der Waals surface area contributed by atoms with E-state index in [0.717, 1.165) is 18.2 Å². The minimum Gasteiger partial charge on any atom is -0.373 e. The highest BCUT2D eigenvalue weighted by atomic mass is 79.9. The van der Waals surface area contributed by atoms with Crippen LogP contribution in [0.25, 0.3) is 11.3 Å². The van der Waals surface area contributed by atoms with Crippen LogP contribution >= 0.6 is 15.9 Å². The highest BCUT2D eigenvalue weighted by Gasteiger charge is 2.36. The summed E-state index contributed by atoms with van der Waals surface area (Å²) in [5, 5.41) is 2.40. The van der Waals surface area contributed by atoms with Crippen molar-refractivity contribution >= 4 is 21.7 Å². The summed E-state index contributed by atoms with van der Waals surface area (Å²) in [6.07, 6.45) is -4.83. The van der Waals surface area contributed by atoms with E-state index >= 15 is 0 Å². The zero-order valence-electron chi connectivity index (χ0n) is 10.4. The summed E-state index contributed by atoms with van der Waals surface area (Å²) < 4.78 is 65.8. The fourth-order valence-corrected chi connectivity index (χ4v) is 1.92. The first-order valence-electron chi connectivity index (χ1n) is 5.52. The van der Waals surface area contributed by atoms with Crippen LogP contribution in [0.3, 0.4) is 0 Å². The lowest BCUT2D eigenvalue weighted by atomic mass is 10.1. The van der Waals surface area contributed by atoms with E-state index in [9.17, 15) is 22.0 Å². The predicted octanol–water partition coefficient (Wildman–Crippen LogP) is 4.24. The number of rotatable bonds is 2. The van der Waals surface area contributed by atoms with Crippen molar-refractivity contribution in [3.63, 3.8) is 0 Å². The van der Waals surface area contributed by atoms with Gasteiger partial charge in [0.2, 0.25) is 5.82 Å². The van der Waals surface area contributed by atoms with Crippen LogP contribution in [-0.4, -0.2) is 17.0 Å². The van der Waals surface area contributed by atoms with Crippen molar-refractivity contribution in [1.82, 2.24) is 9.97 Å². The number of alkyl halides is 3. The standard InChI is InChI=1S/C12H7BrF5N3/c1-19-8-4-7(20-11(21-8)12(16,17)18)9-6(14)3-2-5(13)10(9)15/h2-4H,1H3,(H,19,20,21). The number of anilines is 1. The third-order valence-corrected chi connectivity index (χ3v) is 3.15. The summed E-state index contributed by atoms with van der Waals surface area (Å²) in [5.74, 6) is -3.75. The maximum Gasteiger partial charge on any atom is 0.451 e. The minimum atomic E-state index is -4.83. The van der Waals surface area contributed by atoms with Gasteiger partial charge in [-0.15, -0.1) is 0 Å². The number of halogens is 6. The van der Waals surface area contributed by atoms with E-state index in [1.165, 1.54) is 7.05 Å². The average Bonchev–Trinajstić information content (AvgIpc) is 2.42. The van der Waals surface area contributed by atoms with Gasteiger partial charge >= 0.3 is 6.18 Å². The van der Waals surface area contributed by atoms with E-state index in [4.69, 9.17) is 0 Å². The molecule has 21 heavy (non-hydrogen) atoms. The molecule has 0 radical (unpaired) electrons. The minimum absolute atomic E-state index is 0.0860. The van der Waals surface area contributed by atoms with Crippen LogP contribution in [0.15, 0.2) is 22.7 Å². The summed E-state index contributed by atoms with van der Waals surface area (Å²) in [5.41, 5.74) is -1.16. The molecular weight excluding hydrogens is 361 g/mol. The molecule has 1 aromatic carbocycles. The van der Waals surface area contributed by atoms with Gasteiger partial charge in [0.1, 0.15) is 17.5 Å². The number of nitrogens with one attached hydrogen (secondary N) is 1. The van der Waals surface area contributed by atoms with Gasteiger partial charge in [-0.25, -0.2) is 18.7 Å². The van der Waals surface area contributed by atoms with Crippen LogP contribution in [0.4, 0.5) is 27.8 Å². The maximum atomic E-state index is 14.0. The topological polar surface area (TPSA) is 37.8 Å². The molecule has 2 aromatic rings. The average molecular weight is 368 g/mol. The van der Waals surface area contributed by atoms with Gasteiger partial charge in [-0.3, -0.25) is 0 Å². The molecule has 0 spiro atoms. The zero-order valence-corrected chi connectivity index (χ0v) is 12.0. The molecule has 0 saturated carbocycles. The van der Waals surface area contributed by atoms with Crippen LogP contribution in [-0.2, 0) is 6.18 Å². The van der Waals surface area contributed by atoms with Crippen LogP contribution in [0.1, 0.15) is 5.82 Å². The Bertz CT molecular complexity index is 687. The molecule has 0 bridgehead atoms. The number of hydrogen-bond acceptors (Lipinski definition) is 3. The molecule has 1 heterocycles. The van der Waals surface area contributed by atoms with Gasteiger partial charge < -0.3 is 5.32 Å². The van der Waals surface area contributed by atoms with Crippen molar-refractivity contribution in [2.24, 2.45) is 0 Å². The first-order valence-corrected chi connectivity index (χ1v) is 6.31. The van der Waals surface area contributed by atoms with Gasteiger partial charge in [0.15, 0.2) is 0 Å². The van der Waals surface area contributed by atoms with Crippen molar-refractivity contribution in [2.75, 3.05) is 12.4 Å². The Morgan fingerprint density at radius 3 is 2.38 bits per heavy atom. The molecule has 1 N–H and O–H groups in total. The van der Waals surface area contributed by atoms with E-state index in [1.807, 2.05) is 0 Å². The first-order chi connectivity index (χ1) is 9.74. The van der Waals surface area contributed by atoms with Gasteiger partial charge in [-0.05, 0) is 28.1 Å². The normalized spacial score (nSPS) is 11.6. The Morgan fingerprint density at radius 2 is 1.81 bits per heavy atom. The number of benzene rings is 1. The van der Waals surface area contributed by atoms with E-state index in [2.05, 4.69) is 31.2 Å². The van der Waals surface area contributed by atoms with Gasteiger partial charge in [-0.1, -0.05) is 0 Å². The Kier molecular flexibility index (Phi) is 4.13. The van der Waals surface area contributed by atoms with E-state index in [1.54, 1.807) is 0 Å². The fourth-order valence-electron chi connectivity index (χ4n) is 1.59. The summed E-state index contributed by atoms with van der Waals surface area (Å²) in [6, 6.07) is 3.07. The lowest BCUT2D eigenvalue weighted by Crippen LogP contribution is -2.13. The highest BCUT2D eigenvalue weighted by Crippen LogP contribution is 2.33. The second-order valence-electron chi connectivity index (χ2n) is 3.93. The molecule has 1 aromatic heterocycles. The van der Waals surface area contributed by atoms with Crippen LogP contribution in [0.2, 0.25) is 0 Å². The molecule has 0 aliphatic heterocycles. The molecule has 112 valence electrons. The van der Waals surface area contributed by atoms with E-state index in [0.29, 0.717) is 0 Å². The highest BCUT2D eigenvalue weighted by molar-refractivity contribution is 9.10. The molecule has 0 aliphatic rings. The SMILES string of the molecule is CNc1cc(-c2c(F)ccc(Br)c2F)nc(C(F)(F)F)n1. The van der Waals surface area contributed by atoms with Crippen molar-refractivity contribution in [1.29, 1.82) is 0 Å². The van der Waals surface area contributed by atoms with Crippen molar-refractivity contribution in [2.45, 2.75) is 6.18 Å². The third kappa shape index (κ3) is 3.12. The third-order valence-electron chi connectivity index (χ3n) is 2.54. The summed E-state index contributed by atoms with van der Waals surface area (Å²) >= 11 is 2.85. The molecule has 2 rings (SSSR count). The predicted molar refractivity (Wildman–Crippen MR) is 69.6 cm³/mol. The molecule has 3 nitrogen and oxygen atoms in total. The molecule has 0 saturated heterocycles. The number of nitrogens with zero attached hydrogens (tertiary/aromatic N) is 2. The van der Waals surface area contributed by atoms with Crippen LogP contribution in [0.5, 0.6) is 0 Å². The van der Waals surface area contributed by atoms with Gasteiger partial charge in [0.05, 0.1) is 15.7 Å². The smallest absolute Gasteiger partial charge is 0.373 e. The second-order valence-corrected chi connectivity index (χ2v) is 4.78. The zero-order chi connectivity index (χ0) is 15.8. The lowest BCUT2D eigenvalue weighted by Gasteiger charge is -2.11. The van der Waals surface area contributed by atoms with E-state index in [-0.39, 0.29) is 10.3 Å². The Balaban J connectivity index is 2.73. The monoisotopic (exact) mass is 367 g/mol. The molecule has 0 amide bonds. The molecular formula is C12H7BrF5N3. The summed E-state index contributed by atoms with van der Waals surface area (Å²) in [6.45, 7) is 0. The quantitative estimate of drug-likeness (QED) is 0.637. The summed E-state index contributed by atoms with van der Waals surface area (Å²) in [4.78, 5) is 6.44. The first kappa shape index (κ1) is 15.6. The molecule has 0 unspecified atom stereocenters. The fraction of sp³-hybridized carbons (Fsp3) is 0.167. The van der Waals surface area contributed by atoms with Crippen LogP contribution < -0.4 is 5.32 Å². The second kappa shape index (κ2) is 5.55. The molecule has 0 atom stereocenters. The van der Waals surface area contributed by atoms with Gasteiger partial charge in [0, 0.05) is 13.1 Å². The summed E-state index contributed by atoms with van der Waals surface area (Å²) in [7, 11) is 1.33.